The number of unbranched alkanes of at least 4 members (excludes halogenated alkanes) is 1. The van der Waals surface area contributed by atoms with Crippen LogP contribution in [0.5, 0.6) is 0 Å². The highest BCUT2D eigenvalue weighted by Gasteiger charge is 2.14. The number of hydrogen-bond acceptors (Lipinski definition) is 2. The summed E-state index contributed by atoms with van der Waals surface area (Å²) in [4.78, 5) is 9.28. The van der Waals surface area contributed by atoms with Gasteiger partial charge in [0.2, 0.25) is 0 Å². The molecular weight excluding hydrogens is 284 g/mol. The molecule has 1 N–H and O–H groups in total. The van der Waals surface area contributed by atoms with Crippen molar-refractivity contribution in [1.82, 2.24) is 15.1 Å². The average molecular weight is 316 g/mol. The lowest BCUT2D eigenvalue weighted by atomic mass is 10.1. The lowest BCUT2D eigenvalue weighted by Gasteiger charge is -2.26. The van der Waals surface area contributed by atoms with Gasteiger partial charge in [-0.2, -0.15) is 0 Å². The molecule has 1 rings (SSSR count). The number of hydrogen-bond donors (Lipinski definition) is 1. The summed E-state index contributed by atoms with van der Waals surface area (Å²) in [6.45, 7) is 8.49. The molecule has 1 atom stereocenters. The molecule has 0 aromatic heterocycles. The molecule has 4 nitrogen and oxygen atoms in total. The zero-order valence-electron chi connectivity index (χ0n) is 15.1. The lowest BCUT2D eigenvalue weighted by Crippen LogP contribution is -2.40. The van der Waals surface area contributed by atoms with E-state index in [0.29, 0.717) is 0 Å². The summed E-state index contributed by atoms with van der Waals surface area (Å²) in [6, 6.07) is 10.8. The Morgan fingerprint density at radius 3 is 2.52 bits per heavy atom. The zero-order chi connectivity index (χ0) is 17.1. The molecule has 0 heterocycles. The maximum Gasteiger partial charge on any atom is 0.193 e. The fourth-order valence-corrected chi connectivity index (χ4v) is 2.46. The largest absolute Gasteiger partial charge is 0.357 e. The minimum Gasteiger partial charge on any atom is -0.357 e. The van der Waals surface area contributed by atoms with Gasteiger partial charge in [-0.25, -0.2) is 0 Å². The molecule has 0 aliphatic rings. The molecular formula is C19H32N4. The smallest absolute Gasteiger partial charge is 0.193 e. The number of aliphatic imine (C=N–C) groups is 1. The van der Waals surface area contributed by atoms with Crippen molar-refractivity contribution in [2.45, 2.75) is 25.8 Å². The van der Waals surface area contributed by atoms with Gasteiger partial charge in [-0.15, -0.1) is 6.58 Å². The second kappa shape index (κ2) is 10.8. The van der Waals surface area contributed by atoms with Crippen molar-refractivity contribution >= 4 is 5.96 Å². The van der Waals surface area contributed by atoms with E-state index in [1.807, 2.05) is 6.08 Å². The predicted octanol–water partition coefficient (Wildman–Crippen LogP) is 3.15. The van der Waals surface area contributed by atoms with E-state index >= 15 is 0 Å². The standard InChI is InChI=1S/C19H32N4/c1-6-8-12-15-23(5)19(20-7-2)21-16-18(22(3)4)17-13-10-9-11-14-17/h6,9-11,13-14,18H,1,7-8,12,15-16H2,2-5H3,(H,20,21). The maximum atomic E-state index is 4.85. The van der Waals surface area contributed by atoms with Crippen LogP contribution >= 0.6 is 0 Å². The maximum absolute atomic E-state index is 4.85. The van der Waals surface area contributed by atoms with Gasteiger partial charge in [0.05, 0.1) is 12.6 Å². The van der Waals surface area contributed by atoms with E-state index in [1.165, 1.54) is 5.56 Å². The van der Waals surface area contributed by atoms with Crippen molar-refractivity contribution in [2.24, 2.45) is 4.99 Å². The van der Waals surface area contributed by atoms with E-state index < -0.39 is 0 Å². The van der Waals surface area contributed by atoms with Gasteiger partial charge in [0.25, 0.3) is 0 Å². The molecule has 128 valence electrons. The van der Waals surface area contributed by atoms with E-state index in [4.69, 9.17) is 4.99 Å². The number of rotatable bonds is 9. The third kappa shape index (κ3) is 6.87. The Hall–Kier alpha value is -1.81. The van der Waals surface area contributed by atoms with Gasteiger partial charge in [0.1, 0.15) is 0 Å². The molecule has 0 aliphatic carbocycles. The van der Waals surface area contributed by atoms with Crippen LogP contribution in [0.25, 0.3) is 0 Å². The Bertz CT molecular complexity index is 468. The van der Waals surface area contributed by atoms with Crippen LogP contribution in [0.1, 0.15) is 31.4 Å². The van der Waals surface area contributed by atoms with Crippen LogP contribution in [0.2, 0.25) is 0 Å². The van der Waals surface area contributed by atoms with Crippen molar-refractivity contribution < 1.29 is 0 Å². The summed E-state index contributed by atoms with van der Waals surface area (Å²) < 4.78 is 0. The van der Waals surface area contributed by atoms with E-state index in [-0.39, 0.29) is 6.04 Å². The van der Waals surface area contributed by atoms with E-state index in [9.17, 15) is 0 Å². The molecule has 0 amide bonds. The van der Waals surface area contributed by atoms with Crippen LogP contribution < -0.4 is 5.32 Å². The van der Waals surface area contributed by atoms with Gasteiger partial charge in [-0.3, -0.25) is 4.99 Å². The Kier molecular flexibility index (Phi) is 9.07. The number of guanidine groups is 1. The Morgan fingerprint density at radius 1 is 1.26 bits per heavy atom. The number of nitrogens with one attached hydrogen (secondary N) is 1. The van der Waals surface area contributed by atoms with Crippen LogP contribution in [0.15, 0.2) is 48.0 Å². The highest BCUT2D eigenvalue weighted by atomic mass is 15.3. The molecule has 0 spiro atoms. The Morgan fingerprint density at radius 2 is 1.96 bits per heavy atom. The molecule has 23 heavy (non-hydrogen) atoms. The lowest BCUT2D eigenvalue weighted by molar-refractivity contribution is 0.305. The molecule has 0 bridgehead atoms. The first-order valence-corrected chi connectivity index (χ1v) is 8.41. The van der Waals surface area contributed by atoms with Crippen molar-refractivity contribution in [3.8, 4) is 0 Å². The van der Waals surface area contributed by atoms with Crippen LogP contribution in [-0.2, 0) is 0 Å². The normalized spacial score (nSPS) is 13.0. The first-order valence-electron chi connectivity index (χ1n) is 8.41. The van der Waals surface area contributed by atoms with Gasteiger partial charge in [0.15, 0.2) is 5.96 Å². The van der Waals surface area contributed by atoms with Crippen LogP contribution in [0.4, 0.5) is 0 Å². The van der Waals surface area contributed by atoms with E-state index in [0.717, 1.165) is 38.4 Å². The van der Waals surface area contributed by atoms with Crippen molar-refractivity contribution in [3.05, 3.63) is 48.6 Å². The molecule has 1 aromatic carbocycles. The fraction of sp³-hybridized carbons (Fsp3) is 0.526. The van der Waals surface area contributed by atoms with Gasteiger partial charge in [0, 0.05) is 20.1 Å². The topological polar surface area (TPSA) is 30.9 Å². The van der Waals surface area contributed by atoms with Crippen molar-refractivity contribution in [3.63, 3.8) is 0 Å². The van der Waals surface area contributed by atoms with Gasteiger partial charge in [-0.1, -0.05) is 36.4 Å². The van der Waals surface area contributed by atoms with Gasteiger partial charge in [-0.05, 0) is 39.4 Å². The first-order chi connectivity index (χ1) is 11.1. The number of benzene rings is 1. The molecule has 0 aliphatic heterocycles. The monoisotopic (exact) mass is 316 g/mol. The number of likely N-dealkylation sites (N-methyl/N-ethyl adjacent to an activating group) is 1. The van der Waals surface area contributed by atoms with Gasteiger partial charge >= 0.3 is 0 Å². The molecule has 4 heteroatoms. The molecule has 0 radical (unpaired) electrons. The van der Waals surface area contributed by atoms with E-state index in [2.05, 4.69) is 80.1 Å². The molecule has 0 saturated carbocycles. The third-order valence-corrected chi connectivity index (χ3v) is 3.82. The fourth-order valence-electron chi connectivity index (χ4n) is 2.46. The summed E-state index contributed by atoms with van der Waals surface area (Å²) in [5, 5.41) is 3.39. The predicted molar refractivity (Wildman–Crippen MR) is 101 cm³/mol. The van der Waals surface area contributed by atoms with Crippen molar-refractivity contribution in [2.75, 3.05) is 40.8 Å². The number of allylic oxidation sites excluding steroid dienone is 1. The quantitative estimate of drug-likeness (QED) is 0.329. The average Bonchev–Trinajstić information content (AvgIpc) is 2.55. The summed E-state index contributed by atoms with van der Waals surface area (Å²) >= 11 is 0. The zero-order valence-corrected chi connectivity index (χ0v) is 15.1. The summed E-state index contributed by atoms with van der Waals surface area (Å²) in [5.74, 6) is 0.972. The second-order valence-electron chi connectivity index (χ2n) is 5.94. The highest BCUT2D eigenvalue weighted by molar-refractivity contribution is 5.79. The molecule has 1 aromatic rings. The number of nitrogens with zero attached hydrogens (tertiary/aromatic N) is 3. The summed E-state index contributed by atoms with van der Waals surface area (Å²) in [5.41, 5.74) is 1.30. The SMILES string of the molecule is C=CCCCN(C)C(=NCC(c1ccccc1)N(C)C)NCC. The molecule has 1 unspecified atom stereocenters. The minimum atomic E-state index is 0.284. The van der Waals surface area contributed by atoms with Crippen molar-refractivity contribution in [1.29, 1.82) is 0 Å². The Balaban J connectivity index is 2.78. The summed E-state index contributed by atoms with van der Waals surface area (Å²) in [7, 11) is 6.31. The minimum absolute atomic E-state index is 0.284. The van der Waals surface area contributed by atoms with Crippen LogP contribution in [0.3, 0.4) is 0 Å². The van der Waals surface area contributed by atoms with Crippen LogP contribution in [0, 0.1) is 0 Å². The van der Waals surface area contributed by atoms with Crippen LogP contribution in [-0.4, -0.2) is 56.5 Å². The highest BCUT2D eigenvalue weighted by Crippen LogP contribution is 2.18. The molecule has 0 saturated heterocycles. The second-order valence-corrected chi connectivity index (χ2v) is 5.94. The molecule has 0 fully saturated rings. The van der Waals surface area contributed by atoms with Gasteiger partial charge < -0.3 is 15.1 Å². The third-order valence-electron chi connectivity index (χ3n) is 3.82. The first kappa shape index (κ1) is 19.2. The summed E-state index contributed by atoms with van der Waals surface area (Å²) in [6.07, 6.45) is 4.10. The Labute approximate surface area is 141 Å². The van der Waals surface area contributed by atoms with E-state index in [1.54, 1.807) is 0 Å².